The maximum atomic E-state index is 3.40. The van der Waals surface area contributed by atoms with Crippen LogP contribution >= 0.6 is 15.9 Å². The first-order valence-corrected chi connectivity index (χ1v) is 4.60. The summed E-state index contributed by atoms with van der Waals surface area (Å²) in [5.41, 5.74) is 0. The topological polar surface area (TPSA) is 0 Å². The Morgan fingerprint density at radius 1 is 1.11 bits per heavy atom. The molecule has 0 bridgehead atoms. The van der Waals surface area contributed by atoms with Crippen molar-refractivity contribution in [2.75, 3.05) is 5.33 Å². The van der Waals surface area contributed by atoms with Crippen LogP contribution in [0.1, 0.15) is 41.9 Å². The van der Waals surface area contributed by atoms with E-state index in [1.807, 2.05) is 0 Å². The third-order valence-corrected chi connectivity index (χ3v) is 1.80. The summed E-state index contributed by atoms with van der Waals surface area (Å²) in [5, 5.41) is 1.18. The fourth-order valence-corrected chi connectivity index (χ4v) is 1.09. The number of hydrogen-bond acceptors (Lipinski definition) is 0. The van der Waals surface area contributed by atoms with Crippen molar-refractivity contribution in [3.8, 4) is 0 Å². The van der Waals surface area contributed by atoms with Gasteiger partial charge in [0.2, 0.25) is 0 Å². The smallest absolute Gasteiger partial charge is 1.00 e. The first-order chi connectivity index (χ1) is 3.91. The quantitative estimate of drug-likeness (QED) is 0.367. The molecule has 0 spiro atoms. The molecule has 0 heterocycles. The zero-order chi connectivity index (χ0) is 6.24. The molecule has 0 saturated carbocycles. The van der Waals surface area contributed by atoms with E-state index in [-0.39, 0.29) is 25.9 Å². The predicted molar refractivity (Wildman–Crippen MR) is 50.5 cm³/mol. The molecule has 0 amide bonds. The van der Waals surface area contributed by atoms with Crippen LogP contribution in [0.3, 0.4) is 0 Å². The molecule has 0 rings (SSSR count). The molecule has 0 fully saturated rings. The van der Waals surface area contributed by atoms with Gasteiger partial charge in [-0.2, -0.15) is 0 Å². The van der Waals surface area contributed by atoms with E-state index in [2.05, 4.69) is 22.9 Å². The van der Waals surface area contributed by atoms with Crippen LogP contribution in [0.25, 0.3) is 0 Å². The first-order valence-electron chi connectivity index (χ1n) is 3.47. The van der Waals surface area contributed by atoms with Crippen LogP contribution in [0.4, 0.5) is 0 Å². The number of hydrogen-bond donors (Lipinski definition) is 0. The Morgan fingerprint density at radius 3 is 2.11 bits per heavy atom. The minimum absolute atomic E-state index is 0. The average Bonchev–Trinajstić information content (AvgIpc) is 1.81. The van der Waals surface area contributed by atoms with Crippen molar-refractivity contribution in [1.29, 1.82) is 0 Å². The summed E-state index contributed by atoms with van der Waals surface area (Å²) in [5.74, 6) is 0. The zero-order valence-electron chi connectivity index (χ0n) is 8.33. The molecule has 0 aliphatic rings. The van der Waals surface area contributed by atoms with Crippen molar-refractivity contribution in [3.63, 3.8) is 0 Å². The monoisotopic (exact) mass is 204 g/mol. The van der Waals surface area contributed by atoms with Crippen LogP contribution < -0.4 is 0 Å². The number of unbranched alkanes of at least 4 members (excludes halogenated alkanes) is 4. The number of halogens is 1. The fraction of sp³-hybridized carbons (Fsp3) is 1.00. The van der Waals surface area contributed by atoms with Gasteiger partial charge < -0.3 is 2.85 Å². The van der Waals surface area contributed by atoms with Gasteiger partial charge in [-0.3, -0.25) is 0 Å². The Bertz CT molecular complexity index is 41.4. The third kappa shape index (κ3) is 12.4. The SMILES string of the molecule is CCCCCCCBr.[H-].[H-].[Mg+2]. The number of alkyl halides is 1. The molecule has 0 N–H and O–H groups in total. The predicted octanol–water partition coefficient (Wildman–Crippen LogP) is 3.20. The van der Waals surface area contributed by atoms with Crippen molar-refractivity contribution in [2.45, 2.75) is 39.0 Å². The van der Waals surface area contributed by atoms with Gasteiger partial charge in [0.05, 0.1) is 0 Å². The van der Waals surface area contributed by atoms with Gasteiger partial charge in [-0.15, -0.1) is 0 Å². The van der Waals surface area contributed by atoms with Gasteiger partial charge in [0.15, 0.2) is 0 Å². The fourth-order valence-electron chi connectivity index (χ4n) is 0.698. The van der Waals surface area contributed by atoms with Crippen molar-refractivity contribution in [1.82, 2.24) is 0 Å². The Kier molecular flexibility index (Phi) is 17.1. The Balaban J connectivity index is -0.0000000817. The van der Waals surface area contributed by atoms with Gasteiger partial charge in [-0.25, -0.2) is 0 Å². The molecular weight excluding hydrogens is 188 g/mol. The molecule has 0 aromatic carbocycles. The van der Waals surface area contributed by atoms with Crippen LogP contribution in [0.2, 0.25) is 0 Å². The molecule has 0 atom stereocenters. The molecule has 0 radical (unpaired) electrons. The minimum atomic E-state index is 0. The van der Waals surface area contributed by atoms with Crippen LogP contribution in [-0.4, -0.2) is 28.4 Å². The summed E-state index contributed by atoms with van der Waals surface area (Å²) in [6, 6.07) is 0. The summed E-state index contributed by atoms with van der Waals surface area (Å²) >= 11 is 3.40. The van der Waals surface area contributed by atoms with Crippen LogP contribution in [0, 0.1) is 0 Å². The second-order valence-electron chi connectivity index (χ2n) is 2.10. The first kappa shape index (κ1) is 12.9. The average molecular weight is 205 g/mol. The van der Waals surface area contributed by atoms with Crippen LogP contribution in [0.15, 0.2) is 0 Å². The van der Waals surface area contributed by atoms with Crippen molar-refractivity contribution in [2.24, 2.45) is 0 Å². The van der Waals surface area contributed by atoms with Gasteiger partial charge >= 0.3 is 23.1 Å². The normalized spacial score (nSPS) is 8.67. The van der Waals surface area contributed by atoms with E-state index in [0.717, 1.165) is 0 Å². The Morgan fingerprint density at radius 2 is 1.67 bits per heavy atom. The van der Waals surface area contributed by atoms with E-state index in [1.165, 1.54) is 37.4 Å². The summed E-state index contributed by atoms with van der Waals surface area (Å²) in [4.78, 5) is 0. The maximum Gasteiger partial charge on any atom is 2.00 e. The van der Waals surface area contributed by atoms with Crippen LogP contribution in [0.5, 0.6) is 0 Å². The molecule has 54 valence electrons. The number of rotatable bonds is 5. The maximum absolute atomic E-state index is 3.40. The molecule has 0 nitrogen and oxygen atoms in total. The Hall–Kier alpha value is 1.25. The summed E-state index contributed by atoms with van der Waals surface area (Å²) < 4.78 is 0. The molecule has 9 heavy (non-hydrogen) atoms. The standard InChI is InChI=1S/C7H15Br.Mg.2H/c1-2-3-4-5-6-7-8;;;/h2-7H2,1H3;;;/q;+2;2*-1. The van der Waals surface area contributed by atoms with Crippen molar-refractivity contribution >= 4 is 39.0 Å². The second-order valence-corrected chi connectivity index (χ2v) is 2.90. The van der Waals surface area contributed by atoms with Gasteiger partial charge in [0.25, 0.3) is 0 Å². The van der Waals surface area contributed by atoms with E-state index < -0.39 is 0 Å². The van der Waals surface area contributed by atoms with Crippen molar-refractivity contribution < 1.29 is 2.85 Å². The largest absolute Gasteiger partial charge is 2.00 e. The van der Waals surface area contributed by atoms with Crippen molar-refractivity contribution in [3.05, 3.63) is 0 Å². The van der Waals surface area contributed by atoms with E-state index in [0.29, 0.717) is 0 Å². The minimum Gasteiger partial charge on any atom is -1.00 e. The van der Waals surface area contributed by atoms with Gasteiger partial charge in [-0.1, -0.05) is 48.5 Å². The summed E-state index contributed by atoms with van der Waals surface area (Å²) in [6.07, 6.45) is 6.93. The van der Waals surface area contributed by atoms with E-state index >= 15 is 0 Å². The molecule has 0 aliphatic carbocycles. The molecule has 0 aromatic heterocycles. The molecule has 0 saturated heterocycles. The zero-order valence-corrected chi connectivity index (χ0v) is 9.33. The van der Waals surface area contributed by atoms with Gasteiger partial charge in [-0.05, 0) is 6.42 Å². The van der Waals surface area contributed by atoms with Gasteiger partial charge in [0.1, 0.15) is 0 Å². The Labute approximate surface area is 86.0 Å². The van der Waals surface area contributed by atoms with E-state index in [1.54, 1.807) is 0 Å². The molecule has 0 unspecified atom stereocenters. The summed E-state index contributed by atoms with van der Waals surface area (Å²) in [7, 11) is 0. The summed E-state index contributed by atoms with van der Waals surface area (Å²) in [6.45, 7) is 2.24. The molecular formula is C7H17BrMg. The third-order valence-electron chi connectivity index (χ3n) is 1.24. The van der Waals surface area contributed by atoms with E-state index in [9.17, 15) is 0 Å². The van der Waals surface area contributed by atoms with Gasteiger partial charge in [0, 0.05) is 5.33 Å². The molecule has 0 aliphatic heterocycles. The van der Waals surface area contributed by atoms with Crippen LogP contribution in [-0.2, 0) is 0 Å². The van der Waals surface area contributed by atoms with E-state index in [4.69, 9.17) is 0 Å². The second kappa shape index (κ2) is 12.0. The molecule has 0 aromatic rings. The molecule has 2 heteroatoms.